The lowest BCUT2D eigenvalue weighted by atomic mass is 10.1. The Morgan fingerprint density at radius 1 is 1.10 bits per heavy atom. The summed E-state index contributed by atoms with van der Waals surface area (Å²) < 4.78 is 0. The van der Waals surface area contributed by atoms with Gasteiger partial charge in [0.15, 0.2) is 5.69 Å². The number of nitro benzene ring substituents is 1. The molecule has 1 amide bonds. The molecule has 1 heterocycles. The number of carbonyl (C=O) groups excluding carboxylic acids is 1. The van der Waals surface area contributed by atoms with Crippen LogP contribution in [0, 0.1) is 10.1 Å². The molecule has 152 valence electrons. The second kappa shape index (κ2) is 9.29. The molecular weight excluding hydrogens is 370 g/mol. The summed E-state index contributed by atoms with van der Waals surface area (Å²) in [6.45, 7) is 7.72. The molecule has 0 aliphatic rings. The molecule has 0 aliphatic carbocycles. The summed E-state index contributed by atoms with van der Waals surface area (Å²) in [5.41, 5.74) is 1.76. The van der Waals surface area contributed by atoms with Crippen molar-refractivity contribution in [3.8, 4) is 0 Å². The van der Waals surface area contributed by atoms with Gasteiger partial charge in [0.1, 0.15) is 0 Å². The van der Waals surface area contributed by atoms with Crippen molar-refractivity contribution in [1.29, 1.82) is 0 Å². The summed E-state index contributed by atoms with van der Waals surface area (Å²) in [6.07, 6.45) is 0. The maximum Gasteiger partial charge on any atom is 0.275 e. The SMILES string of the molecule is CCN(CC)CCN(Cc1ccccc1)C(=O)c1n[nH]c2ccc([N+](=O)[O-])cc12. The number of benzene rings is 2. The number of likely N-dealkylation sites (N-methyl/N-ethyl adjacent to an activating group) is 1. The third-order valence-corrected chi connectivity index (χ3v) is 5.04. The maximum absolute atomic E-state index is 13.3. The number of aromatic amines is 1. The van der Waals surface area contributed by atoms with Crippen LogP contribution >= 0.6 is 0 Å². The lowest BCUT2D eigenvalue weighted by molar-refractivity contribution is -0.384. The Morgan fingerprint density at radius 2 is 1.83 bits per heavy atom. The molecule has 1 aromatic heterocycles. The minimum absolute atomic E-state index is 0.0642. The Hall–Kier alpha value is -3.26. The average Bonchev–Trinajstić information content (AvgIpc) is 3.17. The van der Waals surface area contributed by atoms with E-state index in [1.165, 1.54) is 12.1 Å². The van der Waals surface area contributed by atoms with Gasteiger partial charge in [-0.15, -0.1) is 0 Å². The number of hydrogen-bond acceptors (Lipinski definition) is 5. The monoisotopic (exact) mass is 395 g/mol. The molecule has 0 unspecified atom stereocenters. The first-order chi connectivity index (χ1) is 14.0. The molecule has 0 aliphatic heterocycles. The quantitative estimate of drug-likeness (QED) is 0.442. The number of nitrogens with one attached hydrogen (secondary N) is 1. The van der Waals surface area contributed by atoms with Gasteiger partial charge in [-0.1, -0.05) is 44.2 Å². The molecule has 3 rings (SSSR count). The molecule has 29 heavy (non-hydrogen) atoms. The highest BCUT2D eigenvalue weighted by molar-refractivity contribution is 6.05. The largest absolute Gasteiger partial charge is 0.332 e. The van der Waals surface area contributed by atoms with Gasteiger partial charge in [-0.3, -0.25) is 20.0 Å². The number of non-ortho nitro benzene ring substituents is 1. The Bertz CT molecular complexity index is 982. The first-order valence-corrected chi connectivity index (χ1v) is 9.71. The van der Waals surface area contributed by atoms with Gasteiger partial charge in [-0.2, -0.15) is 5.10 Å². The van der Waals surface area contributed by atoms with Crippen LogP contribution < -0.4 is 0 Å². The van der Waals surface area contributed by atoms with E-state index in [4.69, 9.17) is 0 Å². The van der Waals surface area contributed by atoms with Crippen LogP contribution in [0.25, 0.3) is 10.9 Å². The maximum atomic E-state index is 13.3. The zero-order valence-electron chi connectivity index (χ0n) is 16.7. The van der Waals surface area contributed by atoms with E-state index in [1.54, 1.807) is 11.0 Å². The number of amides is 1. The van der Waals surface area contributed by atoms with E-state index in [1.807, 2.05) is 30.3 Å². The van der Waals surface area contributed by atoms with Gasteiger partial charge in [-0.25, -0.2) is 0 Å². The first-order valence-electron chi connectivity index (χ1n) is 9.71. The second-order valence-corrected chi connectivity index (χ2v) is 6.80. The van der Waals surface area contributed by atoms with E-state index in [2.05, 4.69) is 28.9 Å². The minimum atomic E-state index is -0.469. The molecule has 0 atom stereocenters. The molecule has 0 saturated heterocycles. The van der Waals surface area contributed by atoms with Gasteiger partial charge in [0.25, 0.3) is 11.6 Å². The predicted molar refractivity (Wildman–Crippen MR) is 112 cm³/mol. The first kappa shape index (κ1) is 20.5. The number of rotatable bonds is 9. The van der Waals surface area contributed by atoms with Gasteiger partial charge in [-0.05, 0) is 24.7 Å². The molecule has 1 N–H and O–H groups in total. The Labute approximate surface area is 169 Å². The van der Waals surface area contributed by atoms with Crippen molar-refractivity contribution in [3.63, 3.8) is 0 Å². The van der Waals surface area contributed by atoms with Gasteiger partial charge < -0.3 is 9.80 Å². The van der Waals surface area contributed by atoms with Crippen LogP contribution in [0.1, 0.15) is 29.9 Å². The highest BCUT2D eigenvalue weighted by Crippen LogP contribution is 2.23. The molecule has 0 saturated carbocycles. The van der Waals surface area contributed by atoms with Gasteiger partial charge in [0, 0.05) is 37.2 Å². The van der Waals surface area contributed by atoms with E-state index in [0.717, 1.165) is 25.2 Å². The molecule has 2 aromatic carbocycles. The number of nitro groups is 1. The smallest absolute Gasteiger partial charge is 0.275 e. The summed E-state index contributed by atoms with van der Waals surface area (Å²) in [4.78, 5) is 28.0. The van der Waals surface area contributed by atoms with Crippen molar-refractivity contribution >= 4 is 22.5 Å². The highest BCUT2D eigenvalue weighted by Gasteiger charge is 2.23. The molecule has 3 aromatic rings. The fourth-order valence-electron chi connectivity index (χ4n) is 3.29. The fourth-order valence-corrected chi connectivity index (χ4v) is 3.29. The van der Waals surface area contributed by atoms with Crippen LogP contribution in [0.3, 0.4) is 0 Å². The molecule has 0 bridgehead atoms. The number of H-pyrrole nitrogens is 1. The predicted octanol–water partition coefficient (Wildman–Crippen LogP) is 3.46. The topological polar surface area (TPSA) is 95.4 Å². The standard InChI is InChI=1S/C21H25N5O3/c1-3-24(4-2)12-13-25(15-16-8-6-5-7-9-16)21(27)20-18-14-17(26(28)29)10-11-19(18)22-23-20/h5-11,14H,3-4,12-13,15H2,1-2H3,(H,22,23). The van der Waals surface area contributed by atoms with Crippen molar-refractivity contribution in [2.75, 3.05) is 26.2 Å². The lowest BCUT2D eigenvalue weighted by Gasteiger charge is -2.26. The van der Waals surface area contributed by atoms with E-state index in [-0.39, 0.29) is 17.3 Å². The summed E-state index contributed by atoms with van der Waals surface area (Å²) in [5, 5.41) is 18.6. The van der Waals surface area contributed by atoms with Crippen LogP contribution in [-0.4, -0.2) is 57.0 Å². The molecule has 0 spiro atoms. The third-order valence-electron chi connectivity index (χ3n) is 5.04. The Balaban J connectivity index is 1.91. The second-order valence-electron chi connectivity index (χ2n) is 6.80. The highest BCUT2D eigenvalue weighted by atomic mass is 16.6. The summed E-state index contributed by atoms with van der Waals surface area (Å²) >= 11 is 0. The molecule has 8 heteroatoms. The molecule has 8 nitrogen and oxygen atoms in total. The third kappa shape index (κ3) is 4.78. The molecule has 0 fully saturated rings. The van der Waals surface area contributed by atoms with Crippen molar-refractivity contribution in [3.05, 3.63) is 69.9 Å². The Morgan fingerprint density at radius 3 is 2.48 bits per heavy atom. The summed E-state index contributed by atoms with van der Waals surface area (Å²) in [5.74, 6) is -0.243. The fraction of sp³-hybridized carbons (Fsp3) is 0.333. The van der Waals surface area contributed by atoms with Gasteiger partial charge >= 0.3 is 0 Å². The molecular formula is C21H25N5O3. The average molecular weight is 395 g/mol. The van der Waals surface area contributed by atoms with Crippen molar-refractivity contribution in [2.24, 2.45) is 0 Å². The van der Waals surface area contributed by atoms with Gasteiger partial charge in [0.2, 0.25) is 0 Å². The number of aromatic nitrogens is 2. The Kier molecular flexibility index (Phi) is 6.56. The van der Waals surface area contributed by atoms with E-state index in [9.17, 15) is 14.9 Å². The van der Waals surface area contributed by atoms with Crippen LogP contribution in [0.2, 0.25) is 0 Å². The van der Waals surface area contributed by atoms with Crippen LogP contribution in [-0.2, 0) is 6.54 Å². The van der Waals surface area contributed by atoms with Crippen molar-refractivity contribution in [1.82, 2.24) is 20.0 Å². The zero-order valence-corrected chi connectivity index (χ0v) is 16.7. The van der Waals surface area contributed by atoms with Crippen molar-refractivity contribution in [2.45, 2.75) is 20.4 Å². The van der Waals surface area contributed by atoms with E-state index in [0.29, 0.717) is 24.0 Å². The van der Waals surface area contributed by atoms with Crippen LogP contribution in [0.15, 0.2) is 48.5 Å². The van der Waals surface area contributed by atoms with Gasteiger partial charge in [0.05, 0.1) is 10.4 Å². The number of carbonyl (C=O) groups is 1. The van der Waals surface area contributed by atoms with Crippen LogP contribution in [0.5, 0.6) is 0 Å². The van der Waals surface area contributed by atoms with E-state index >= 15 is 0 Å². The lowest BCUT2D eigenvalue weighted by Crippen LogP contribution is -2.38. The summed E-state index contributed by atoms with van der Waals surface area (Å²) in [7, 11) is 0. The van der Waals surface area contributed by atoms with Crippen LogP contribution in [0.4, 0.5) is 5.69 Å². The minimum Gasteiger partial charge on any atom is -0.332 e. The zero-order chi connectivity index (χ0) is 20.8. The summed E-state index contributed by atoms with van der Waals surface area (Å²) in [6, 6.07) is 14.1. The van der Waals surface area contributed by atoms with Crippen molar-refractivity contribution < 1.29 is 9.72 Å². The molecule has 0 radical (unpaired) electrons. The van der Waals surface area contributed by atoms with E-state index < -0.39 is 4.92 Å². The normalized spacial score (nSPS) is 11.1. The number of fused-ring (bicyclic) bond motifs is 1. The number of nitrogens with zero attached hydrogens (tertiary/aromatic N) is 4. The number of hydrogen-bond donors (Lipinski definition) is 1.